The smallest absolute Gasteiger partial charge is 0.173 e. The van der Waals surface area contributed by atoms with Gasteiger partial charge in [0.2, 0.25) is 0 Å². The summed E-state index contributed by atoms with van der Waals surface area (Å²) in [5, 5.41) is 5.99. The molecule has 0 aliphatic rings. The Morgan fingerprint density at radius 3 is 3.00 bits per heavy atom. The third-order valence-electron chi connectivity index (χ3n) is 2.33. The summed E-state index contributed by atoms with van der Waals surface area (Å²) < 4.78 is 1.81. The zero-order valence-electron chi connectivity index (χ0n) is 8.51. The zero-order valence-corrected chi connectivity index (χ0v) is 9.33. The van der Waals surface area contributed by atoms with Crippen LogP contribution in [-0.2, 0) is 13.5 Å². The number of Topliss-reactive ketones (excluding diaryl/α,β-unsaturated/α-hetero) is 1. The Bertz CT molecular complexity index is 445. The van der Waals surface area contributed by atoms with Gasteiger partial charge in [0.15, 0.2) is 5.78 Å². The lowest BCUT2D eigenvalue weighted by molar-refractivity contribution is 0.0986. The van der Waals surface area contributed by atoms with Crippen molar-refractivity contribution in [3.63, 3.8) is 0 Å². The monoisotopic (exact) mass is 220 g/mol. The molecule has 0 N–H and O–H groups in total. The van der Waals surface area contributed by atoms with E-state index < -0.39 is 0 Å². The molecule has 0 saturated heterocycles. The lowest BCUT2D eigenvalue weighted by Crippen LogP contribution is -2.03. The standard InChI is InChI=1S/C11H12N2OS/c1-13-9(6-7-12-13)4-5-10(14)11-3-2-8-15-11/h2-3,6-8H,4-5H2,1H3. The molecule has 0 saturated carbocycles. The topological polar surface area (TPSA) is 34.9 Å². The van der Waals surface area contributed by atoms with Gasteiger partial charge in [-0.25, -0.2) is 0 Å². The number of aromatic nitrogens is 2. The first kappa shape index (κ1) is 10.1. The van der Waals surface area contributed by atoms with Crippen molar-refractivity contribution in [2.45, 2.75) is 12.8 Å². The molecule has 0 fully saturated rings. The second kappa shape index (κ2) is 4.40. The first-order valence-corrected chi connectivity index (χ1v) is 5.69. The third-order valence-corrected chi connectivity index (χ3v) is 3.24. The van der Waals surface area contributed by atoms with E-state index in [2.05, 4.69) is 5.10 Å². The third kappa shape index (κ3) is 2.33. The van der Waals surface area contributed by atoms with Crippen LogP contribution in [0.1, 0.15) is 21.8 Å². The molecule has 15 heavy (non-hydrogen) atoms. The summed E-state index contributed by atoms with van der Waals surface area (Å²) >= 11 is 1.50. The molecule has 4 heteroatoms. The average Bonchev–Trinajstić information content (AvgIpc) is 2.85. The van der Waals surface area contributed by atoms with Crippen molar-refractivity contribution in [3.05, 3.63) is 40.3 Å². The van der Waals surface area contributed by atoms with Crippen LogP contribution < -0.4 is 0 Å². The second-order valence-electron chi connectivity index (χ2n) is 3.35. The molecular formula is C11H12N2OS. The van der Waals surface area contributed by atoms with Crippen LogP contribution in [0, 0.1) is 0 Å². The number of carbonyl (C=O) groups is 1. The molecule has 0 spiro atoms. The van der Waals surface area contributed by atoms with E-state index in [4.69, 9.17) is 0 Å². The molecule has 0 aliphatic carbocycles. The number of aryl methyl sites for hydroxylation is 2. The fourth-order valence-electron chi connectivity index (χ4n) is 1.45. The van der Waals surface area contributed by atoms with Crippen molar-refractivity contribution in [2.75, 3.05) is 0 Å². The number of rotatable bonds is 4. The van der Waals surface area contributed by atoms with Gasteiger partial charge in [0, 0.05) is 25.4 Å². The van der Waals surface area contributed by atoms with Crippen LogP contribution in [0.2, 0.25) is 0 Å². The number of ketones is 1. The summed E-state index contributed by atoms with van der Waals surface area (Å²) in [4.78, 5) is 12.5. The molecule has 2 rings (SSSR count). The van der Waals surface area contributed by atoms with Crippen molar-refractivity contribution >= 4 is 17.1 Å². The summed E-state index contributed by atoms with van der Waals surface area (Å²) in [7, 11) is 1.89. The lowest BCUT2D eigenvalue weighted by atomic mass is 10.1. The van der Waals surface area contributed by atoms with Crippen LogP contribution in [0.15, 0.2) is 29.8 Å². The molecule has 2 aromatic rings. The van der Waals surface area contributed by atoms with Crippen LogP contribution in [0.25, 0.3) is 0 Å². The van der Waals surface area contributed by atoms with Gasteiger partial charge in [0.25, 0.3) is 0 Å². The van der Waals surface area contributed by atoms with Crippen molar-refractivity contribution < 1.29 is 4.79 Å². The van der Waals surface area contributed by atoms with Crippen molar-refractivity contribution in [1.82, 2.24) is 9.78 Å². The second-order valence-corrected chi connectivity index (χ2v) is 4.29. The predicted molar refractivity (Wildman–Crippen MR) is 60.2 cm³/mol. The summed E-state index contributed by atoms with van der Waals surface area (Å²) in [5.74, 6) is 0.214. The Hall–Kier alpha value is -1.42. The highest BCUT2D eigenvalue weighted by Crippen LogP contribution is 2.13. The number of hydrogen-bond acceptors (Lipinski definition) is 3. The van der Waals surface area contributed by atoms with Gasteiger partial charge in [-0.05, 0) is 23.9 Å². The maximum Gasteiger partial charge on any atom is 0.173 e. The Morgan fingerprint density at radius 1 is 1.53 bits per heavy atom. The molecule has 0 amide bonds. The molecule has 2 heterocycles. The Kier molecular flexibility index (Phi) is 2.97. The minimum atomic E-state index is 0.214. The number of hydrogen-bond donors (Lipinski definition) is 0. The predicted octanol–water partition coefficient (Wildman–Crippen LogP) is 2.30. The highest BCUT2D eigenvalue weighted by Gasteiger charge is 2.08. The first-order chi connectivity index (χ1) is 7.27. The van der Waals surface area contributed by atoms with Crippen LogP contribution in [-0.4, -0.2) is 15.6 Å². The lowest BCUT2D eigenvalue weighted by Gasteiger charge is -2.00. The molecule has 0 aromatic carbocycles. The average molecular weight is 220 g/mol. The highest BCUT2D eigenvalue weighted by molar-refractivity contribution is 7.12. The van der Waals surface area contributed by atoms with Crippen molar-refractivity contribution in [3.8, 4) is 0 Å². The fourth-order valence-corrected chi connectivity index (χ4v) is 2.14. The van der Waals surface area contributed by atoms with Gasteiger partial charge in [-0.3, -0.25) is 9.48 Å². The maximum atomic E-state index is 11.7. The number of carbonyl (C=O) groups excluding carboxylic acids is 1. The van der Waals surface area contributed by atoms with Crippen molar-refractivity contribution in [2.24, 2.45) is 7.05 Å². The van der Waals surface area contributed by atoms with E-state index in [0.29, 0.717) is 6.42 Å². The fraction of sp³-hybridized carbons (Fsp3) is 0.273. The van der Waals surface area contributed by atoms with Gasteiger partial charge in [0.1, 0.15) is 0 Å². The quantitative estimate of drug-likeness (QED) is 0.741. The SMILES string of the molecule is Cn1nccc1CCC(=O)c1cccs1. The normalized spacial score (nSPS) is 10.5. The van der Waals surface area contributed by atoms with Gasteiger partial charge in [-0.1, -0.05) is 6.07 Å². The summed E-state index contributed by atoms with van der Waals surface area (Å²) in [6.45, 7) is 0. The number of nitrogens with zero attached hydrogens (tertiary/aromatic N) is 2. The molecule has 0 aliphatic heterocycles. The van der Waals surface area contributed by atoms with E-state index in [-0.39, 0.29) is 5.78 Å². The van der Waals surface area contributed by atoms with Gasteiger partial charge in [0.05, 0.1) is 4.88 Å². The largest absolute Gasteiger partial charge is 0.293 e. The van der Waals surface area contributed by atoms with Crippen LogP contribution in [0.5, 0.6) is 0 Å². The molecule has 3 nitrogen and oxygen atoms in total. The molecule has 78 valence electrons. The molecule has 0 radical (unpaired) electrons. The summed E-state index contributed by atoms with van der Waals surface area (Å²) in [6.07, 6.45) is 3.07. The van der Waals surface area contributed by atoms with Crippen LogP contribution in [0.4, 0.5) is 0 Å². The van der Waals surface area contributed by atoms with E-state index >= 15 is 0 Å². The van der Waals surface area contributed by atoms with E-state index in [9.17, 15) is 4.79 Å². The Labute approximate surface area is 92.4 Å². The van der Waals surface area contributed by atoms with E-state index in [1.165, 1.54) is 11.3 Å². The molecule has 2 aromatic heterocycles. The maximum absolute atomic E-state index is 11.7. The van der Waals surface area contributed by atoms with E-state index in [1.54, 1.807) is 6.20 Å². The minimum Gasteiger partial charge on any atom is -0.293 e. The minimum absolute atomic E-state index is 0.214. The summed E-state index contributed by atoms with van der Waals surface area (Å²) in [5.41, 5.74) is 1.10. The van der Waals surface area contributed by atoms with Gasteiger partial charge in [-0.15, -0.1) is 11.3 Å². The van der Waals surface area contributed by atoms with E-state index in [1.807, 2.05) is 35.3 Å². The van der Waals surface area contributed by atoms with Gasteiger partial charge >= 0.3 is 0 Å². The van der Waals surface area contributed by atoms with Crippen molar-refractivity contribution in [1.29, 1.82) is 0 Å². The van der Waals surface area contributed by atoms with Gasteiger partial charge < -0.3 is 0 Å². The number of thiophene rings is 1. The first-order valence-electron chi connectivity index (χ1n) is 4.81. The molecule has 0 bridgehead atoms. The van der Waals surface area contributed by atoms with Gasteiger partial charge in [-0.2, -0.15) is 5.10 Å². The molecule has 0 atom stereocenters. The zero-order chi connectivity index (χ0) is 10.7. The molecular weight excluding hydrogens is 208 g/mol. The summed E-state index contributed by atoms with van der Waals surface area (Å²) in [6, 6.07) is 5.72. The molecule has 0 unspecified atom stereocenters. The Balaban J connectivity index is 1.95. The highest BCUT2D eigenvalue weighted by atomic mass is 32.1. The van der Waals surface area contributed by atoms with Crippen LogP contribution in [0.3, 0.4) is 0 Å². The van der Waals surface area contributed by atoms with E-state index in [0.717, 1.165) is 17.0 Å². The Morgan fingerprint density at radius 2 is 2.40 bits per heavy atom. The van der Waals surface area contributed by atoms with Crippen LogP contribution >= 0.6 is 11.3 Å².